The summed E-state index contributed by atoms with van der Waals surface area (Å²) >= 11 is 3.41. The maximum absolute atomic E-state index is 13.5. The number of aliphatic hydroxyl groups excluding tert-OH is 1. The van der Waals surface area contributed by atoms with Crippen molar-refractivity contribution >= 4 is 33.4 Å². The number of benzene rings is 3. The minimum atomic E-state index is -0.815. The van der Waals surface area contributed by atoms with Crippen LogP contribution in [0.2, 0.25) is 0 Å². The van der Waals surface area contributed by atoms with Crippen molar-refractivity contribution in [2.45, 2.75) is 38.8 Å². The number of ether oxygens (including phenoxy) is 1. The molecule has 4 rings (SSSR count). The fourth-order valence-corrected chi connectivity index (χ4v) is 4.85. The summed E-state index contributed by atoms with van der Waals surface area (Å²) in [7, 11) is 1.53. The molecular weight excluding hydrogens is 525 g/mol. The van der Waals surface area contributed by atoms with Crippen LogP contribution in [0.5, 0.6) is 5.75 Å². The Balaban J connectivity index is 1.86. The van der Waals surface area contributed by atoms with Gasteiger partial charge < -0.3 is 14.7 Å². The molecule has 0 bridgehead atoms. The molecule has 1 N–H and O–H groups in total. The predicted octanol–water partition coefficient (Wildman–Crippen LogP) is 6.52. The van der Waals surface area contributed by atoms with E-state index in [9.17, 15) is 19.1 Å². The van der Waals surface area contributed by atoms with Gasteiger partial charge in [0.2, 0.25) is 0 Å². The Bertz CT molecular complexity index is 1340. The third-order valence-electron chi connectivity index (χ3n) is 6.32. The highest BCUT2D eigenvalue weighted by Crippen LogP contribution is 2.41. The van der Waals surface area contributed by atoms with Crippen molar-refractivity contribution in [2.75, 3.05) is 7.11 Å². The zero-order valence-electron chi connectivity index (χ0n) is 20.5. The number of methoxy groups -OCH3 is 1. The van der Waals surface area contributed by atoms with Crippen LogP contribution < -0.4 is 4.74 Å². The molecule has 1 aliphatic rings. The lowest BCUT2D eigenvalue weighted by Crippen LogP contribution is -2.29. The number of carbonyl (C=O) groups is 2. The van der Waals surface area contributed by atoms with E-state index < -0.39 is 17.7 Å². The van der Waals surface area contributed by atoms with Crippen LogP contribution >= 0.6 is 15.9 Å². The number of likely N-dealkylation sites (tertiary alicyclic amines) is 1. The molecule has 1 saturated heterocycles. The molecule has 0 saturated carbocycles. The number of Topliss-reactive ketones (excluding diaryl/α,β-unsaturated/α-hetero) is 1. The van der Waals surface area contributed by atoms with Gasteiger partial charge in [0.05, 0.1) is 23.2 Å². The monoisotopic (exact) mass is 551 g/mol. The van der Waals surface area contributed by atoms with Gasteiger partial charge in [0.1, 0.15) is 17.3 Å². The second-order valence-electron chi connectivity index (χ2n) is 9.77. The van der Waals surface area contributed by atoms with Gasteiger partial charge in [-0.25, -0.2) is 4.39 Å². The topological polar surface area (TPSA) is 66.8 Å². The Morgan fingerprint density at radius 3 is 2.22 bits per heavy atom. The van der Waals surface area contributed by atoms with Crippen molar-refractivity contribution in [2.24, 2.45) is 0 Å². The lowest BCUT2D eigenvalue weighted by atomic mass is 9.85. The third-order valence-corrected chi connectivity index (χ3v) is 6.94. The van der Waals surface area contributed by atoms with Crippen LogP contribution in [-0.2, 0) is 21.5 Å². The normalized spacial score (nSPS) is 17.5. The number of halogens is 2. The molecule has 0 aliphatic carbocycles. The molecule has 0 spiro atoms. The van der Waals surface area contributed by atoms with Crippen LogP contribution in [0.1, 0.15) is 49.1 Å². The van der Waals surface area contributed by atoms with E-state index in [0.29, 0.717) is 26.9 Å². The summed E-state index contributed by atoms with van der Waals surface area (Å²) in [6.07, 6.45) is 0. The highest BCUT2D eigenvalue weighted by Gasteiger charge is 2.46. The van der Waals surface area contributed by atoms with Crippen molar-refractivity contribution in [1.82, 2.24) is 4.90 Å². The number of rotatable bonds is 5. The van der Waals surface area contributed by atoms with Crippen molar-refractivity contribution in [3.05, 3.63) is 105 Å². The highest BCUT2D eigenvalue weighted by molar-refractivity contribution is 9.10. The first-order chi connectivity index (χ1) is 17.0. The Kier molecular flexibility index (Phi) is 7.05. The first-order valence-electron chi connectivity index (χ1n) is 11.5. The highest BCUT2D eigenvalue weighted by atomic mass is 79.9. The molecule has 1 unspecified atom stereocenters. The molecule has 0 aromatic heterocycles. The van der Waals surface area contributed by atoms with E-state index in [-0.39, 0.29) is 29.1 Å². The number of nitrogens with zero attached hydrogens (tertiary/aromatic N) is 1. The van der Waals surface area contributed by atoms with Crippen LogP contribution in [0, 0.1) is 5.82 Å². The minimum absolute atomic E-state index is 0.00249. The van der Waals surface area contributed by atoms with E-state index >= 15 is 0 Å². The van der Waals surface area contributed by atoms with Gasteiger partial charge in [-0.2, -0.15) is 0 Å². The van der Waals surface area contributed by atoms with Crippen LogP contribution in [0.15, 0.2) is 76.8 Å². The van der Waals surface area contributed by atoms with Gasteiger partial charge in [0.15, 0.2) is 0 Å². The summed E-state index contributed by atoms with van der Waals surface area (Å²) < 4.78 is 19.3. The zero-order chi connectivity index (χ0) is 26.2. The van der Waals surface area contributed by atoms with Crippen LogP contribution in [-0.4, -0.2) is 28.8 Å². The molecule has 1 fully saturated rings. The smallest absolute Gasteiger partial charge is 0.295 e. The maximum Gasteiger partial charge on any atom is 0.295 e. The van der Waals surface area contributed by atoms with E-state index in [0.717, 1.165) is 5.56 Å². The summed E-state index contributed by atoms with van der Waals surface area (Å²) in [6, 6.07) is 17.6. The molecule has 3 aromatic rings. The molecule has 7 heteroatoms. The lowest BCUT2D eigenvalue weighted by Gasteiger charge is -2.26. The van der Waals surface area contributed by atoms with Crippen LogP contribution in [0.4, 0.5) is 4.39 Å². The molecule has 1 atom stereocenters. The quantitative estimate of drug-likeness (QED) is 0.223. The van der Waals surface area contributed by atoms with Crippen molar-refractivity contribution in [1.29, 1.82) is 0 Å². The predicted molar refractivity (Wildman–Crippen MR) is 140 cm³/mol. The Morgan fingerprint density at radius 1 is 1.03 bits per heavy atom. The summed E-state index contributed by atoms with van der Waals surface area (Å²) in [5.41, 5.74) is 2.76. The van der Waals surface area contributed by atoms with E-state index in [1.807, 2.05) is 24.3 Å². The average Bonchev–Trinajstić information content (AvgIpc) is 3.09. The number of aliphatic hydroxyl groups is 1. The molecule has 1 heterocycles. The van der Waals surface area contributed by atoms with E-state index in [1.165, 1.54) is 24.1 Å². The molecule has 3 aromatic carbocycles. The Labute approximate surface area is 218 Å². The molecule has 186 valence electrons. The van der Waals surface area contributed by atoms with Gasteiger partial charge in [0, 0.05) is 12.1 Å². The van der Waals surface area contributed by atoms with Crippen LogP contribution in [0.25, 0.3) is 5.76 Å². The first-order valence-corrected chi connectivity index (χ1v) is 12.3. The lowest BCUT2D eigenvalue weighted by molar-refractivity contribution is -0.140. The van der Waals surface area contributed by atoms with Crippen LogP contribution in [0.3, 0.4) is 0 Å². The second-order valence-corrected chi connectivity index (χ2v) is 10.6. The number of carbonyl (C=O) groups excluding carboxylic acids is 2. The zero-order valence-corrected chi connectivity index (χ0v) is 22.1. The summed E-state index contributed by atoms with van der Waals surface area (Å²) in [6.45, 7) is 6.39. The fraction of sp³-hybridized carbons (Fsp3) is 0.241. The van der Waals surface area contributed by atoms with Gasteiger partial charge in [-0.3, -0.25) is 9.59 Å². The van der Waals surface area contributed by atoms with Gasteiger partial charge >= 0.3 is 0 Å². The molecule has 0 radical (unpaired) electrons. The Hall–Kier alpha value is -3.45. The van der Waals surface area contributed by atoms with Gasteiger partial charge in [-0.15, -0.1) is 0 Å². The number of ketones is 1. The van der Waals surface area contributed by atoms with E-state index in [1.54, 1.807) is 30.3 Å². The minimum Gasteiger partial charge on any atom is -0.507 e. The van der Waals surface area contributed by atoms with Crippen molar-refractivity contribution in [3.8, 4) is 5.75 Å². The molecular formula is C29H27BrFNO4. The van der Waals surface area contributed by atoms with E-state index in [2.05, 4.69) is 36.7 Å². The van der Waals surface area contributed by atoms with Crippen molar-refractivity contribution in [3.63, 3.8) is 0 Å². The second kappa shape index (κ2) is 9.90. The van der Waals surface area contributed by atoms with E-state index in [4.69, 9.17) is 4.74 Å². The van der Waals surface area contributed by atoms with Gasteiger partial charge in [-0.05, 0) is 68.4 Å². The maximum atomic E-state index is 13.5. The number of amides is 1. The van der Waals surface area contributed by atoms with Crippen molar-refractivity contribution < 1.29 is 23.8 Å². The first kappa shape index (κ1) is 25.6. The number of hydrogen-bond acceptors (Lipinski definition) is 4. The largest absolute Gasteiger partial charge is 0.507 e. The average molecular weight is 552 g/mol. The summed E-state index contributed by atoms with van der Waals surface area (Å²) in [5.74, 6) is -1.59. The number of hydrogen-bond donors (Lipinski definition) is 1. The molecule has 5 nitrogen and oxygen atoms in total. The fourth-order valence-electron chi connectivity index (χ4n) is 4.31. The molecule has 36 heavy (non-hydrogen) atoms. The molecule has 1 aliphatic heterocycles. The summed E-state index contributed by atoms with van der Waals surface area (Å²) in [4.78, 5) is 27.9. The standard InChI is InChI=1S/C29H27BrFNO4/c1-29(2,3)20-10-7-18(8-11-20)25-24(26(33)19-9-14-23(36-4)22(30)15-19)27(34)28(35)32(25)16-17-5-12-21(31)13-6-17/h5-15,25,33H,16H2,1-4H3/b26-24-. The summed E-state index contributed by atoms with van der Waals surface area (Å²) in [5, 5.41) is 11.3. The third kappa shape index (κ3) is 4.93. The van der Waals surface area contributed by atoms with Gasteiger partial charge in [0.25, 0.3) is 11.7 Å². The SMILES string of the molecule is COc1ccc(/C(O)=C2/C(=O)C(=O)N(Cc3ccc(F)cc3)C2c2ccc(C(C)(C)C)cc2)cc1Br. The molecule has 1 amide bonds. The van der Waals surface area contributed by atoms with Gasteiger partial charge in [-0.1, -0.05) is 57.2 Å². The Morgan fingerprint density at radius 2 is 1.67 bits per heavy atom.